The predicted octanol–water partition coefficient (Wildman–Crippen LogP) is 3.89. The van der Waals surface area contributed by atoms with Gasteiger partial charge in [0.05, 0.1) is 35.7 Å². The zero-order valence-corrected chi connectivity index (χ0v) is 21.3. The summed E-state index contributed by atoms with van der Waals surface area (Å²) < 4.78 is 42.2. The fourth-order valence-corrected chi connectivity index (χ4v) is 5.61. The molecule has 4 aromatic rings. The Labute approximate surface area is 219 Å². The summed E-state index contributed by atoms with van der Waals surface area (Å²) in [7, 11) is 1.71. The number of nitrogens with zero attached hydrogens (tertiary/aromatic N) is 4. The van der Waals surface area contributed by atoms with Crippen LogP contribution in [0, 0.1) is 17.6 Å². The summed E-state index contributed by atoms with van der Waals surface area (Å²) in [6.07, 6.45) is 7.54. The number of nitrogens with two attached hydrogens (primary N) is 1. The highest BCUT2D eigenvalue weighted by Gasteiger charge is 2.35. The van der Waals surface area contributed by atoms with E-state index in [1.54, 1.807) is 36.2 Å². The van der Waals surface area contributed by atoms with Gasteiger partial charge in [0.15, 0.2) is 0 Å². The van der Waals surface area contributed by atoms with Crippen LogP contribution in [0.3, 0.4) is 0 Å². The van der Waals surface area contributed by atoms with Gasteiger partial charge in [-0.05, 0) is 54.0 Å². The Morgan fingerprint density at radius 3 is 2.63 bits per heavy atom. The number of pyridine rings is 1. The van der Waals surface area contributed by atoms with Crippen LogP contribution >= 0.6 is 0 Å². The Morgan fingerprint density at radius 2 is 1.92 bits per heavy atom. The second-order valence-corrected chi connectivity index (χ2v) is 9.82. The molecule has 0 aliphatic heterocycles. The first-order chi connectivity index (χ1) is 18.4. The number of aliphatic hydroxyl groups is 1. The highest BCUT2D eigenvalue weighted by Crippen LogP contribution is 2.38. The molecule has 0 amide bonds. The van der Waals surface area contributed by atoms with Gasteiger partial charge in [-0.25, -0.2) is 18.3 Å². The molecule has 0 radical (unpaired) electrons. The minimum absolute atomic E-state index is 0.000116. The lowest BCUT2D eigenvalue weighted by molar-refractivity contribution is 0.00970. The second-order valence-electron chi connectivity index (χ2n) is 9.82. The van der Waals surface area contributed by atoms with Crippen molar-refractivity contribution in [1.82, 2.24) is 19.6 Å². The molecular formula is C28H31F2N5O3. The average Bonchev–Trinajstić information content (AvgIpc) is 3.29. The molecule has 10 heteroatoms. The van der Waals surface area contributed by atoms with E-state index in [2.05, 4.69) is 22.0 Å². The first-order valence-electron chi connectivity index (χ1n) is 12.7. The smallest absolute Gasteiger partial charge is 0.139 e. The van der Waals surface area contributed by atoms with Crippen LogP contribution in [-0.4, -0.2) is 57.2 Å². The van der Waals surface area contributed by atoms with Gasteiger partial charge in [0, 0.05) is 44.1 Å². The van der Waals surface area contributed by atoms with Crippen molar-refractivity contribution >= 4 is 5.52 Å². The Kier molecular flexibility index (Phi) is 7.64. The van der Waals surface area contributed by atoms with E-state index in [0.29, 0.717) is 23.7 Å². The van der Waals surface area contributed by atoms with E-state index in [4.69, 9.17) is 20.3 Å². The van der Waals surface area contributed by atoms with E-state index in [1.165, 1.54) is 5.56 Å². The van der Waals surface area contributed by atoms with Crippen molar-refractivity contribution < 1.29 is 23.4 Å². The van der Waals surface area contributed by atoms with Crippen molar-refractivity contribution in [3.63, 3.8) is 0 Å². The lowest BCUT2D eigenvalue weighted by atomic mass is 9.74. The molecule has 1 aliphatic rings. The van der Waals surface area contributed by atoms with Gasteiger partial charge >= 0.3 is 0 Å². The number of fused-ring (bicyclic) bond motifs is 1. The van der Waals surface area contributed by atoms with Crippen LogP contribution in [-0.2, 0) is 11.2 Å². The largest absolute Gasteiger partial charge is 0.491 e. The summed E-state index contributed by atoms with van der Waals surface area (Å²) in [5.74, 6) is -0.413. The molecule has 1 fully saturated rings. The van der Waals surface area contributed by atoms with Crippen molar-refractivity contribution in [2.45, 2.75) is 44.2 Å². The zero-order valence-electron chi connectivity index (χ0n) is 21.3. The van der Waals surface area contributed by atoms with Gasteiger partial charge in [-0.3, -0.25) is 4.98 Å². The van der Waals surface area contributed by atoms with Crippen LogP contribution in [0.25, 0.3) is 16.8 Å². The topological polar surface area (TPSA) is 108 Å². The number of imidazole rings is 1. The lowest BCUT2D eigenvalue weighted by Crippen LogP contribution is -2.45. The minimum atomic E-state index is -0.807. The number of aromatic nitrogens is 4. The molecule has 5 rings (SSSR count). The van der Waals surface area contributed by atoms with E-state index >= 15 is 0 Å². The van der Waals surface area contributed by atoms with Gasteiger partial charge in [-0.1, -0.05) is 6.92 Å². The number of hydrogen-bond acceptors (Lipinski definition) is 7. The van der Waals surface area contributed by atoms with Crippen LogP contribution < -0.4 is 10.5 Å². The SMILES string of the molecule is CO[C@H]1[C@H](N)C[C@H](c2ccncc2Cc2ncc3ccc(-c4c(F)cc(OCCO)cc4F)nn23)C[C@@H]1C. The summed E-state index contributed by atoms with van der Waals surface area (Å²) in [6.45, 7) is 1.85. The molecule has 0 saturated heterocycles. The van der Waals surface area contributed by atoms with Crippen LogP contribution in [0.15, 0.2) is 48.9 Å². The third-order valence-electron chi connectivity index (χ3n) is 7.28. The van der Waals surface area contributed by atoms with Gasteiger partial charge in [0.25, 0.3) is 0 Å². The Bertz CT molecular complexity index is 1390. The number of ether oxygens (including phenoxy) is 2. The molecule has 1 aromatic carbocycles. The molecule has 38 heavy (non-hydrogen) atoms. The molecule has 1 saturated carbocycles. The number of benzene rings is 1. The first kappa shape index (κ1) is 26.1. The maximum absolute atomic E-state index is 14.9. The van der Waals surface area contributed by atoms with Crippen molar-refractivity contribution in [2.24, 2.45) is 11.7 Å². The summed E-state index contributed by atoms with van der Waals surface area (Å²) in [5, 5.41) is 13.4. The Hall–Kier alpha value is -3.47. The summed E-state index contributed by atoms with van der Waals surface area (Å²) >= 11 is 0. The number of methoxy groups -OCH3 is 1. The number of aliphatic hydroxyl groups excluding tert-OH is 1. The molecule has 200 valence electrons. The predicted molar refractivity (Wildman–Crippen MR) is 138 cm³/mol. The van der Waals surface area contributed by atoms with E-state index in [9.17, 15) is 8.78 Å². The molecule has 8 nitrogen and oxygen atoms in total. The molecular weight excluding hydrogens is 492 g/mol. The molecule has 3 heterocycles. The average molecular weight is 524 g/mol. The van der Waals surface area contributed by atoms with Gasteiger partial charge < -0.3 is 20.3 Å². The summed E-state index contributed by atoms with van der Waals surface area (Å²) in [6, 6.07) is 7.43. The maximum atomic E-state index is 14.9. The number of rotatable bonds is 8. The fraction of sp³-hybridized carbons (Fsp3) is 0.393. The van der Waals surface area contributed by atoms with E-state index < -0.39 is 11.6 Å². The highest BCUT2D eigenvalue weighted by molar-refractivity contribution is 5.63. The van der Waals surface area contributed by atoms with E-state index in [0.717, 1.165) is 30.5 Å². The first-order valence-corrected chi connectivity index (χ1v) is 12.7. The number of hydrogen-bond donors (Lipinski definition) is 2. The van der Waals surface area contributed by atoms with Crippen molar-refractivity contribution in [1.29, 1.82) is 0 Å². The normalized spacial score (nSPS) is 21.6. The quantitative estimate of drug-likeness (QED) is 0.361. The van der Waals surface area contributed by atoms with Gasteiger partial charge in [0.1, 0.15) is 29.8 Å². The highest BCUT2D eigenvalue weighted by atomic mass is 19.1. The monoisotopic (exact) mass is 523 g/mol. The van der Waals surface area contributed by atoms with Gasteiger partial charge in [-0.2, -0.15) is 5.10 Å². The van der Waals surface area contributed by atoms with Crippen LogP contribution in [0.1, 0.15) is 42.6 Å². The molecule has 1 aliphatic carbocycles. The van der Waals surface area contributed by atoms with Crippen molar-refractivity contribution in [3.05, 3.63) is 77.5 Å². The molecule has 4 atom stereocenters. The van der Waals surface area contributed by atoms with Crippen LogP contribution in [0.5, 0.6) is 5.75 Å². The third kappa shape index (κ3) is 5.11. The Morgan fingerprint density at radius 1 is 1.13 bits per heavy atom. The van der Waals surface area contributed by atoms with E-state index in [1.807, 2.05) is 12.3 Å². The van der Waals surface area contributed by atoms with Gasteiger partial charge in [-0.15, -0.1) is 0 Å². The van der Waals surface area contributed by atoms with Crippen LogP contribution in [0.2, 0.25) is 0 Å². The number of halogens is 2. The van der Waals surface area contributed by atoms with E-state index in [-0.39, 0.29) is 48.3 Å². The third-order valence-corrected chi connectivity index (χ3v) is 7.28. The van der Waals surface area contributed by atoms with Crippen LogP contribution in [0.4, 0.5) is 8.78 Å². The Balaban J connectivity index is 1.46. The molecule has 0 spiro atoms. The fourth-order valence-electron chi connectivity index (χ4n) is 5.61. The second kappa shape index (κ2) is 11.1. The van der Waals surface area contributed by atoms with Gasteiger partial charge in [0.2, 0.25) is 0 Å². The molecule has 3 N–H and O–H groups in total. The molecule has 3 aromatic heterocycles. The zero-order chi connectivity index (χ0) is 26.8. The summed E-state index contributed by atoms with van der Waals surface area (Å²) in [5.41, 5.74) is 9.20. The molecule has 0 unspecified atom stereocenters. The maximum Gasteiger partial charge on any atom is 0.139 e. The summed E-state index contributed by atoms with van der Waals surface area (Å²) in [4.78, 5) is 8.90. The lowest BCUT2D eigenvalue weighted by Gasteiger charge is -2.38. The van der Waals surface area contributed by atoms with Crippen molar-refractivity contribution in [2.75, 3.05) is 20.3 Å². The standard InChI is InChI=1S/C28H31F2N5O3/c1-16-9-17(10-24(31)28(16)37-2)21-5-6-32-14-18(21)11-26-33-15-19-3-4-25(34-35(19)26)27-22(29)12-20(13-23(27)30)38-8-7-36/h3-6,12-17,24,28,36H,7-11,31H2,1-2H3/t16-,17+,24+,28+/m0/s1. The molecule has 0 bridgehead atoms. The van der Waals surface area contributed by atoms with Crippen molar-refractivity contribution in [3.8, 4) is 17.0 Å². The minimum Gasteiger partial charge on any atom is -0.491 e.